The van der Waals surface area contributed by atoms with Crippen molar-refractivity contribution < 1.29 is 5.11 Å². The van der Waals surface area contributed by atoms with Crippen molar-refractivity contribution in [1.29, 1.82) is 0 Å². The molecular formula is C11H18N2O. The summed E-state index contributed by atoms with van der Waals surface area (Å²) in [6, 6.07) is 4.21. The molecule has 2 N–H and O–H groups in total. The SMILES string of the molecule is Cc1ccc(C(O)CNC(C)C)cn1. The summed E-state index contributed by atoms with van der Waals surface area (Å²) in [5.41, 5.74) is 1.83. The maximum atomic E-state index is 9.76. The van der Waals surface area contributed by atoms with Crippen molar-refractivity contribution in [1.82, 2.24) is 10.3 Å². The van der Waals surface area contributed by atoms with Crippen LogP contribution in [-0.4, -0.2) is 22.7 Å². The van der Waals surface area contributed by atoms with E-state index in [2.05, 4.69) is 24.1 Å². The minimum atomic E-state index is -0.467. The number of nitrogens with one attached hydrogen (secondary N) is 1. The maximum Gasteiger partial charge on any atom is 0.0929 e. The van der Waals surface area contributed by atoms with E-state index in [1.807, 2.05) is 19.1 Å². The lowest BCUT2D eigenvalue weighted by Crippen LogP contribution is -2.27. The molecule has 1 rings (SSSR count). The zero-order valence-corrected chi connectivity index (χ0v) is 8.99. The van der Waals surface area contributed by atoms with Crippen LogP contribution >= 0.6 is 0 Å². The molecule has 3 nitrogen and oxygen atoms in total. The van der Waals surface area contributed by atoms with Gasteiger partial charge >= 0.3 is 0 Å². The smallest absolute Gasteiger partial charge is 0.0929 e. The molecule has 0 fully saturated rings. The molecule has 0 aliphatic heterocycles. The highest BCUT2D eigenvalue weighted by Crippen LogP contribution is 2.10. The standard InChI is InChI=1S/C11H18N2O/c1-8(2)12-7-11(14)10-5-4-9(3)13-6-10/h4-6,8,11-12,14H,7H2,1-3H3. The van der Waals surface area contributed by atoms with E-state index in [9.17, 15) is 5.11 Å². The van der Waals surface area contributed by atoms with Crippen LogP contribution in [0.1, 0.15) is 31.2 Å². The number of aliphatic hydroxyl groups excluding tert-OH is 1. The Kier molecular flexibility index (Phi) is 4.04. The van der Waals surface area contributed by atoms with E-state index in [0.717, 1.165) is 11.3 Å². The van der Waals surface area contributed by atoms with E-state index < -0.39 is 6.10 Å². The molecular weight excluding hydrogens is 176 g/mol. The number of pyridine rings is 1. The van der Waals surface area contributed by atoms with Gasteiger partial charge in [-0.15, -0.1) is 0 Å². The topological polar surface area (TPSA) is 45.1 Å². The molecule has 0 aromatic carbocycles. The number of rotatable bonds is 4. The molecule has 1 unspecified atom stereocenters. The number of aliphatic hydroxyl groups is 1. The summed E-state index contributed by atoms with van der Waals surface area (Å²) in [6.45, 7) is 6.62. The molecule has 0 amide bonds. The van der Waals surface area contributed by atoms with E-state index >= 15 is 0 Å². The van der Waals surface area contributed by atoms with Crippen LogP contribution in [0.3, 0.4) is 0 Å². The van der Waals surface area contributed by atoms with Crippen molar-refractivity contribution in [3.63, 3.8) is 0 Å². The fourth-order valence-electron chi connectivity index (χ4n) is 1.14. The minimum Gasteiger partial charge on any atom is -0.387 e. The molecule has 0 aliphatic carbocycles. The summed E-state index contributed by atoms with van der Waals surface area (Å²) in [6.07, 6.45) is 1.26. The van der Waals surface area contributed by atoms with Gasteiger partial charge in [0.05, 0.1) is 6.10 Å². The lowest BCUT2D eigenvalue weighted by molar-refractivity contribution is 0.171. The summed E-state index contributed by atoms with van der Waals surface area (Å²) in [5.74, 6) is 0. The zero-order valence-electron chi connectivity index (χ0n) is 8.99. The van der Waals surface area contributed by atoms with Gasteiger partial charge in [-0.3, -0.25) is 4.98 Å². The third-order valence-electron chi connectivity index (χ3n) is 2.04. The Labute approximate surface area is 85.2 Å². The van der Waals surface area contributed by atoms with Crippen LogP contribution in [0.4, 0.5) is 0 Å². The normalized spacial score (nSPS) is 13.2. The van der Waals surface area contributed by atoms with Gasteiger partial charge in [0.25, 0.3) is 0 Å². The van der Waals surface area contributed by atoms with Crippen molar-refractivity contribution in [2.24, 2.45) is 0 Å². The summed E-state index contributed by atoms with van der Waals surface area (Å²) in [5, 5.41) is 12.9. The van der Waals surface area contributed by atoms with Crippen molar-refractivity contribution in [2.45, 2.75) is 32.9 Å². The Balaban J connectivity index is 2.52. The molecule has 0 saturated carbocycles. The van der Waals surface area contributed by atoms with Gasteiger partial charge in [0, 0.05) is 30.0 Å². The van der Waals surface area contributed by atoms with Crippen molar-refractivity contribution >= 4 is 0 Å². The van der Waals surface area contributed by atoms with Crippen molar-refractivity contribution in [2.75, 3.05) is 6.54 Å². The van der Waals surface area contributed by atoms with Gasteiger partial charge in [-0.05, 0) is 13.0 Å². The molecule has 1 aromatic rings. The number of hydrogen-bond donors (Lipinski definition) is 2. The van der Waals surface area contributed by atoms with E-state index in [1.165, 1.54) is 0 Å². The Morgan fingerprint density at radius 1 is 1.43 bits per heavy atom. The second-order valence-electron chi connectivity index (χ2n) is 3.81. The third kappa shape index (κ3) is 3.44. The number of aryl methyl sites for hydroxylation is 1. The first kappa shape index (κ1) is 11.1. The fourth-order valence-corrected chi connectivity index (χ4v) is 1.14. The summed E-state index contributed by atoms with van der Waals surface area (Å²) in [4.78, 5) is 4.14. The van der Waals surface area contributed by atoms with E-state index in [0.29, 0.717) is 12.6 Å². The Bertz CT molecular complexity index is 269. The zero-order chi connectivity index (χ0) is 10.6. The predicted octanol–water partition coefficient (Wildman–Crippen LogP) is 1.42. The Morgan fingerprint density at radius 2 is 2.14 bits per heavy atom. The highest BCUT2D eigenvalue weighted by molar-refractivity contribution is 5.15. The van der Waals surface area contributed by atoms with Gasteiger partial charge in [0.2, 0.25) is 0 Å². The van der Waals surface area contributed by atoms with Gasteiger partial charge in [-0.2, -0.15) is 0 Å². The fraction of sp³-hybridized carbons (Fsp3) is 0.545. The minimum absolute atomic E-state index is 0.392. The highest BCUT2D eigenvalue weighted by Gasteiger charge is 2.07. The van der Waals surface area contributed by atoms with Crippen molar-refractivity contribution in [3.8, 4) is 0 Å². The van der Waals surface area contributed by atoms with Crippen molar-refractivity contribution in [3.05, 3.63) is 29.6 Å². The molecule has 0 bridgehead atoms. The van der Waals surface area contributed by atoms with E-state index in [1.54, 1.807) is 6.20 Å². The van der Waals surface area contributed by atoms with E-state index in [4.69, 9.17) is 0 Å². The number of hydrogen-bond acceptors (Lipinski definition) is 3. The lowest BCUT2D eigenvalue weighted by atomic mass is 10.1. The summed E-state index contributed by atoms with van der Waals surface area (Å²) >= 11 is 0. The largest absolute Gasteiger partial charge is 0.387 e. The third-order valence-corrected chi connectivity index (χ3v) is 2.04. The molecule has 3 heteroatoms. The van der Waals surface area contributed by atoms with Crippen LogP contribution in [0, 0.1) is 6.92 Å². The first-order valence-corrected chi connectivity index (χ1v) is 4.93. The van der Waals surface area contributed by atoms with Gasteiger partial charge in [0.1, 0.15) is 0 Å². The molecule has 0 aliphatic rings. The van der Waals surface area contributed by atoms with Crippen LogP contribution in [0.5, 0.6) is 0 Å². The molecule has 0 radical (unpaired) electrons. The summed E-state index contributed by atoms with van der Waals surface area (Å²) < 4.78 is 0. The van der Waals surface area contributed by atoms with Gasteiger partial charge in [0.15, 0.2) is 0 Å². The van der Waals surface area contributed by atoms with Gasteiger partial charge in [-0.25, -0.2) is 0 Å². The van der Waals surface area contributed by atoms with Crippen LogP contribution < -0.4 is 5.32 Å². The highest BCUT2D eigenvalue weighted by atomic mass is 16.3. The van der Waals surface area contributed by atoms with Crippen LogP contribution in [0.25, 0.3) is 0 Å². The predicted molar refractivity (Wildman–Crippen MR) is 57.1 cm³/mol. The molecule has 0 saturated heterocycles. The molecule has 1 atom stereocenters. The first-order chi connectivity index (χ1) is 6.59. The number of aromatic nitrogens is 1. The molecule has 14 heavy (non-hydrogen) atoms. The van der Waals surface area contributed by atoms with Crippen LogP contribution in [0.2, 0.25) is 0 Å². The number of nitrogens with zero attached hydrogens (tertiary/aromatic N) is 1. The Morgan fingerprint density at radius 3 is 2.64 bits per heavy atom. The Hall–Kier alpha value is -0.930. The monoisotopic (exact) mass is 194 g/mol. The maximum absolute atomic E-state index is 9.76. The second-order valence-corrected chi connectivity index (χ2v) is 3.81. The first-order valence-electron chi connectivity index (χ1n) is 4.93. The average Bonchev–Trinajstić information content (AvgIpc) is 2.15. The lowest BCUT2D eigenvalue weighted by Gasteiger charge is -2.13. The molecule has 1 heterocycles. The molecule has 0 spiro atoms. The summed E-state index contributed by atoms with van der Waals surface area (Å²) in [7, 11) is 0. The molecule has 1 aromatic heterocycles. The van der Waals surface area contributed by atoms with Gasteiger partial charge in [-0.1, -0.05) is 19.9 Å². The van der Waals surface area contributed by atoms with E-state index in [-0.39, 0.29) is 0 Å². The molecule has 78 valence electrons. The van der Waals surface area contributed by atoms with Gasteiger partial charge < -0.3 is 10.4 Å². The second kappa shape index (κ2) is 5.08. The average molecular weight is 194 g/mol. The van der Waals surface area contributed by atoms with Crippen LogP contribution in [0.15, 0.2) is 18.3 Å². The quantitative estimate of drug-likeness (QED) is 0.762. The van der Waals surface area contributed by atoms with Crippen LogP contribution in [-0.2, 0) is 0 Å².